The van der Waals surface area contributed by atoms with E-state index >= 15 is 0 Å². The number of hydrogen-bond acceptors (Lipinski definition) is 4. The van der Waals surface area contributed by atoms with Crippen molar-refractivity contribution >= 4 is 83.1 Å². The van der Waals surface area contributed by atoms with Crippen LogP contribution in [0.15, 0.2) is 42.8 Å². The highest BCUT2D eigenvalue weighted by atomic mass is 79.9. The lowest BCUT2D eigenvalue weighted by atomic mass is 10.2. The molecule has 0 aliphatic heterocycles. The number of hydrogen-bond donors (Lipinski definition) is 2. The molecule has 2 N–H and O–H groups in total. The van der Waals surface area contributed by atoms with Crippen LogP contribution < -0.4 is 10.2 Å². The molecule has 0 bridgehead atoms. The predicted molar refractivity (Wildman–Crippen MR) is 109 cm³/mol. The van der Waals surface area contributed by atoms with E-state index in [-0.39, 0.29) is 12.4 Å². The Kier molecular flexibility index (Phi) is 7.57. The van der Waals surface area contributed by atoms with Gasteiger partial charge < -0.3 is 9.84 Å². The van der Waals surface area contributed by atoms with Gasteiger partial charge in [-0.05, 0) is 56.1 Å². The summed E-state index contributed by atoms with van der Waals surface area (Å²) in [6, 6.07) is 6.35. The number of benzene rings is 2. The molecule has 0 aliphatic rings. The van der Waals surface area contributed by atoms with E-state index in [0.717, 1.165) is 0 Å². The summed E-state index contributed by atoms with van der Waals surface area (Å²) in [5.74, 6) is -0.110. The number of amides is 1. The first-order chi connectivity index (χ1) is 11.8. The number of carbonyl (C=O) groups is 1. The minimum atomic E-state index is -0.476. The minimum absolute atomic E-state index is 0.0247. The molecule has 0 saturated heterocycles. The van der Waals surface area contributed by atoms with Gasteiger partial charge in [-0.3, -0.25) is 4.79 Å². The van der Waals surface area contributed by atoms with E-state index in [2.05, 4.69) is 58.3 Å². The molecule has 5 nitrogen and oxygen atoms in total. The summed E-state index contributed by atoms with van der Waals surface area (Å²) in [4.78, 5) is 11.8. The number of phenols is 1. The van der Waals surface area contributed by atoms with Crippen LogP contribution in [0.4, 0.5) is 0 Å². The summed E-state index contributed by atoms with van der Waals surface area (Å²) < 4.78 is 6.91. The number of carbonyl (C=O) groups excluding carboxylic acids is 1. The van der Waals surface area contributed by atoms with Gasteiger partial charge in [0.1, 0.15) is 11.5 Å². The molecular weight excluding hydrogens is 567 g/mol. The predicted octanol–water partition coefficient (Wildman–Crippen LogP) is 5.52. The monoisotopic (exact) mass is 572 g/mol. The summed E-state index contributed by atoms with van der Waals surface area (Å²) in [5, 5.41) is 14.5. The van der Waals surface area contributed by atoms with Gasteiger partial charge in [0.2, 0.25) is 0 Å². The first-order valence-corrected chi connectivity index (χ1v) is 9.69. The van der Waals surface area contributed by atoms with E-state index in [1.165, 1.54) is 12.3 Å². The third kappa shape index (κ3) is 5.59. The van der Waals surface area contributed by atoms with Crippen molar-refractivity contribution in [2.75, 3.05) is 6.61 Å². The van der Waals surface area contributed by atoms with Crippen molar-refractivity contribution < 1.29 is 14.6 Å². The lowest BCUT2D eigenvalue weighted by Crippen LogP contribution is -2.24. The van der Waals surface area contributed by atoms with Gasteiger partial charge in [-0.15, -0.1) is 0 Å². The topological polar surface area (TPSA) is 70.9 Å². The second kappa shape index (κ2) is 9.23. The molecule has 0 spiro atoms. The van der Waals surface area contributed by atoms with Crippen LogP contribution in [0.3, 0.4) is 0 Å². The number of halogens is 5. The third-order valence-electron chi connectivity index (χ3n) is 2.82. The summed E-state index contributed by atoms with van der Waals surface area (Å²) in [7, 11) is 0. The van der Waals surface area contributed by atoms with Crippen LogP contribution in [0.2, 0.25) is 10.0 Å². The van der Waals surface area contributed by atoms with Crippen molar-refractivity contribution in [2.45, 2.75) is 0 Å². The number of aromatic hydroxyl groups is 1. The molecule has 0 fully saturated rings. The number of phenolic OH excluding ortho intramolecular Hbond substituents is 1. The van der Waals surface area contributed by atoms with Gasteiger partial charge in [0, 0.05) is 15.1 Å². The third-order valence-corrected chi connectivity index (χ3v) is 5.41. The van der Waals surface area contributed by atoms with Gasteiger partial charge in [-0.25, -0.2) is 5.43 Å². The maximum Gasteiger partial charge on any atom is 0.277 e. The zero-order valence-electron chi connectivity index (χ0n) is 12.2. The van der Waals surface area contributed by atoms with Gasteiger partial charge >= 0.3 is 0 Å². The molecule has 25 heavy (non-hydrogen) atoms. The summed E-state index contributed by atoms with van der Waals surface area (Å²) >= 11 is 21.6. The van der Waals surface area contributed by atoms with Gasteiger partial charge in [-0.1, -0.05) is 39.1 Å². The molecule has 0 saturated carbocycles. The first kappa shape index (κ1) is 20.5. The lowest BCUT2D eigenvalue weighted by molar-refractivity contribution is -0.123. The zero-order chi connectivity index (χ0) is 18.6. The molecule has 0 radical (unpaired) electrons. The minimum Gasteiger partial charge on any atom is -0.506 e. The Balaban J connectivity index is 1.96. The molecule has 0 aromatic heterocycles. The van der Waals surface area contributed by atoms with Crippen molar-refractivity contribution in [3.63, 3.8) is 0 Å². The highest BCUT2D eigenvalue weighted by Crippen LogP contribution is 2.38. The Morgan fingerprint density at radius 3 is 2.64 bits per heavy atom. The highest BCUT2D eigenvalue weighted by Gasteiger charge is 2.12. The van der Waals surface area contributed by atoms with Gasteiger partial charge in [0.05, 0.1) is 20.2 Å². The fourth-order valence-corrected chi connectivity index (χ4v) is 4.44. The van der Waals surface area contributed by atoms with Crippen molar-refractivity contribution in [3.8, 4) is 11.5 Å². The van der Waals surface area contributed by atoms with E-state index in [1.807, 2.05) is 0 Å². The number of rotatable bonds is 5. The average Bonchev–Trinajstić information content (AvgIpc) is 2.55. The normalized spacial score (nSPS) is 10.9. The van der Waals surface area contributed by atoms with E-state index in [9.17, 15) is 9.90 Å². The Morgan fingerprint density at radius 1 is 1.24 bits per heavy atom. The smallest absolute Gasteiger partial charge is 0.277 e. The van der Waals surface area contributed by atoms with E-state index in [1.54, 1.807) is 18.2 Å². The van der Waals surface area contributed by atoms with E-state index in [4.69, 9.17) is 27.9 Å². The molecule has 1 amide bonds. The SMILES string of the molecule is O=C(COc1ccc(Cl)cc1Cl)NN=Cc1c(Br)cc(Br)c(O)c1Br. The molecular formula is C15H9Br3Cl2N2O3. The molecule has 0 heterocycles. The van der Waals surface area contributed by atoms with Gasteiger partial charge in [-0.2, -0.15) is 5.10 Å². The standard InChI is InChI=1S/C15H9Br3Cl2N2O3/c16-9-4-10(17)15(24)14(18)8(9)5-21-22-13(23)6-25-12-2-1-7(19)3-11(12)20/h1-5,24H,6H2,(H,22,23). The average molecular weight is 576 g/mol. The molecule has 0 atom stereocenters. The number of nitrogens with one attached hydrogen (secondary N) is 1. The van der Waals surface area contributed by atoms with Crippen molar-refractivity contribution in [3.05, 3.63) is 53.3 Å². The Bertz CT molecular complexity index is 847. The Hall–Kier alpha value is -0.800. The van der Waals surface area contributed by atoms with Crippen LogP contribution in [-0.2, 0) is 4.79 Å². The van der Waals surface area contributed by atoms with Crippen molar-refractivity contribution in [2.24, 2.45) is 5.10 Å². The second-order valence-corrected chi connectivity index (χ2v) is 7.92. The molecule has 2 aromatic carbocycles. The summed E-state index contributed by atoms with van der Waals surface area (Å²) in [6.07, 6.45) is 1.38. The number of nitrogens with zero attached hydrogens (tertiary/aromatic N) is 1. The lowest BCUT2D eigenvalue weighted by Gasteiger charge is -2.08. The van der Waals surface area contributed by atoms with E-state index in [0.29, 0.717) is 34.8 Å². The van der Waals surface area contributed by atoms with E-state index < -0.39 is 5.91 Å². The Labute approximate surface area is 178 Å². The molecule has 2 aromatic rings. The molecule has 0 unspecified atom stereocenters. The number of hydrazone groups is 1. The van der Waals surface area contributed by atoms with Crippen LogP contribution in [0.5, 0.6) is 11.5 Å². The van der Waals surface area contributed by atoms with Crippen LogP contribution >= 0.6 is 71.0 Å². The Morgan fingerprint density at radius 2 is 1.96 bits per heavy atom. The first-order valence-electron chi connectivity index (χ1n) is 6.55. The van der Waals surface area contributed by atoms with Crippen LogP contribution in [0.25, 0.3) is 0 Å². The largest absolute Gasteiger partial charge is 0.506 e. The zero-order valence-corrected chi connectivity index (χ0v) is 18.5. The van der Waals surface area contributed by atoms with Crippen LogP contribution in [0.1, 0.15) is 5.56 Å². The van der Waals surface area contributed by atoms with Crippen LogP contribution in [-0.4, -0.2) is 23.8 Å². The quantitative estimate of drug-likeness (QED) is 0.365. The van der Waals surface area contributed by atoms with Crippen molar-refractivity contribution in [1.82, 2.24) is 5.43 Å². The maximum absolute atomic E-state index is 11.8. The second-order valence-electron chi connectivity index (χ2n) is 4.57. The molecule has 2 rings (SSSR count). The molecule has 10 heteroatoms. The molecule has 0 aliphatic carbocycles. The summed E-state index contributed by atoms with van der Waals surface area (Å²) in [6.45, 7) is -0.271. The summed E-state index contributed by atoms with van der Waals surface area (Å²) in [5.41, 5.74) is 2.88. The van der Waals surface area contributed by atoms with Crippen molar-refractivity contribution in [1.29, 1.82) is 0 Å². The number of ether oxygens (including phenoxy) is 1. The van der Waals surface area contributed by atoms with Crippen LogP contribution in [0, 0.1) is 0 Å². The van der Waals surface area contributed by atoms with Gasteiger partial charge in [0.15, 0.2) is 6.61 Å². The highest BCUT2D eigenvalue weighted by molar-refractivity contribution is 9.11. The fourth-order valence-electron chi connectivity index (χ4n) is 1.65. The fraction of sp³-hybridized carbons (Fsp3) is 0.0667. The molecule has 132 valence electrons. The van der Waals surface area contributed by atoms with Gasteiger partial charge in [0.25, 0.3) is 5.91 Å². The maximum atomic E-state index is 11.8.